The first kappa shape index (κ1) is 12.7. The van der Waals surface area contributed by atoms with Gasteiger partial charge in [0.2, 0.25) is 0 Å². The topological polar surface area (TPSA) is 56.3 Å². The molecule has 0 fully saturated rings. The fraction of sp³-hybridized carbons (Fsp3) is 0.333. The maximum absolute atomic E-state index is 5.72. The molecule has 2 aromatic rings. The van der Waals surface area contributed by atoms with E-state index in [4.69, 9.17) is 9.47 Å². The Morgan fingerprint density at radius 3 is 2.75 bits per heavy atom. The number of anilines is 1. The van der Waals surface area contributed by atoms with E-state index >= 15 is 0 Å². The van der Waals surface area contributed by atoms with Crippen LogP contribution >= 0.6 is 0 Å². The number of ether oxygens (including phenoxy) is 2. The van der Waals surface area contributed by atoms with Crippen LogP contribution in [0, 0.1) is 0 Å². The molecular formula is C15H17N3O2. The molecule has 2 heterocycles. The van der Waals surface area contributed by atoms with Crippen LogP contribution in [0.25, 0.3) is 11.3 Å². The van der Waals surface area contributed by atoms with Crippen LogP contribution in [-0.4, -0.2) is 29.7 Å². The van der Waals surface area contributed by atoms with Gasteiger partial charge in [0.15, 0.2) is 17.3 Å². The maximum atomic E-state index is 5.72. The van der Waals surface area contributed by atoms with Crippen molar-refractivity contribution in [2.24, 2.45) is 0 Å². The highest BCUT2D eigenvalue weighted by Crippen LogP contribution is 2.35. The van der Waals surface area contributed by atoms with Crippen LogP contribution in [0.2, 0.25) is 0 Å². The largest absolute Gasteiger partial charge is 0.490 e. The minimum Gasteiger partial charge on any atom is -0.490 e. The Labute approximate surface area is 118 Å². The van der Waals surface area contributed by atoms with Gasteiger partial charge in [0, 0.05) is 30.9 Å². The molecule has 0 atom stereocenters. The van der Waals surface area contributed by atoms with Crippen molar-refractivity contribution in [3.8, 4) is 22.8 Å². The van der Waals surface area contributed by atoms with Crippen LogP contribution in [0.15, 0.2) is 30.6 Å². The Kier molecular flexibility index (Phi) is 3.67. The summed E-state index contributed by atoms with van der Waals surface area (Å²) >= 11 is 0. The summed E-state index contributed by atoms with van der Waals surface area (Å²) in [7, 11) is 0. The van der Waals surface area contributed by atoms with Crippen molar-refractivity contribution < 1.29 is 9.47 Å². The van der Waals surface area contributed by atoms with E-state index in [0.717, 1.165) is 41.5 Å². The lowest BCUT2D eigenvalue weighted by molar-refractivity contribution is 0.297. The average molecular weight is 271 g/mol. The van der Waals surface area contributed by atoms with Gasteiger partial charge in [-0.15, -0.1) is 0 Å². The lowest BCUT2D eigenvalue weighted by atomic mass is 10.1. The molecule has 0 radical (unpaired) electrons. The number of nitrogens with zero attached hydrogens (tertiary/aromatic N) is 2. The Morgan fingerprint density at radius 2 is 1.90 bits per heavy atom. The van der Waals surface area contributed by atoms with E-state index in [1.807, 2.05) is 25.1 Å². The third-order valence-corrected chi connectivity index (χ3v) is 3.06. The Hall–Kier alpha value is -2.30. The summed E-state index contributed by atoms with van der Waals surface area (Å²) in [5.74, 6) is 2.35. The van der Waals surface area contributed by atoms with Gasteiger partial charge in [0.1, 0.15) is 5.69 Å². The molecule has 5 nitrogen and oxygen atoms in total. The first-order chi connectivity index (χ1) is 9.88. The third kappa shape index (κ3) is 2.52. The van der Waals surface area contributed by atoms with E-state index in [9.17, 15) is 0 Å². The maximum Gasteiger partial charge on any atom is 0.161 e. The molecular weight excluding hydrogens is 254 g/mol. The van der Waals surface area contributed by atoms with Crippen LogP contribution in [0.1, 0.15) is 13.3 Å². The van der Waals surface area contributed by atoms with Crippen molar-refractivity contribution in [3.63, 3.8) is 0 Å². The van der Waals surface area contributed by atoms with Crippen LogP contribution in [-0.2, 0) is 0 Å². The van der Waals surface area contributed by atoms with Crippen LogP contribution in [0.4, 0.5) is 5.82 Å². The highest BCUT2D eigenvalue weighted by molar-refractivity contribution is 5.73. The summed E-state index contributed by atoms with van der Waals surface area (Å²) < 4.78 is 11.4. The van der Waals surface area contributed by atoms with Gasteiger partial charge >= 0.3 is 0 Å². The first-order valence-corrected chi connectivity index (χ1v) is 6.83. The van der Waals surface area contributed by atoms with Crippen molar-refractivity contribution in [2.75, 3.05) is 25.1 Å². The van der Waals surface area contributed by atoms with Crippen LogP contribution in [0.5, 0.6) is 11.5 Å². The van der Waals surface area contributed by atoms with Crippen molar-refractivity contribution in [3.05, 3.63) is 30.6 Å². The highest BCUT2D eigenvalue weighted by Gasteiger charge is 2.14. The van der Waals surface area contributed by atoms with Crippen molar-refractivity contribution in [2.45, 2.75) is 13.3 Å². The number of nitrogens with one attached hydrogen (secondary N) is 1. The number of fused-ring (bicyclic) bond motifs is 1. The molecule has 1 aliphatic heterocycles. The molecule has 104 valence electrons. The van der Waals surface area contributed by atoms with E-state index in [-0.39, 0.29) is 0 Å². The van der Waals surface area contributed by atoms with Gasteiger partial charge in [-0.3, -0.25) is 4.98 Å². The molecule has 1 N–H and O–H groups in total. The zero-order chi connectivity index (χ0) is 13.8. The van der Waals surface area contributed by atoms with Crippen LogP contribution in [0.3, 0.4) is 0 Å². The predicted octanol–water partition coefficient (Wildman–Crippen LogP) is 2.74. The van der Waals surface area contributed by atoms with E-state index in [2.05, 4.69) is 15.3 Å². The molecule has 0 saturated carbocycles. The van der Waals surface area contributed by atoms with Gasteiger partial charge in [-0.2, -0.15) is 0 Å². The monoisotopic (exact) mass is 271 g/mol. The molecule has 0 saturated heterocycles. The molecule has 0 bridgehead atoms. The van der Waals surface area contributed by atoms with Gasteiger partial charge in [0.05, 0.1) is 13.2 Å². The van der Waals surface area contributed by atoms with Gasteiger partial charge < -0.3 is 14.8 Å². The number of hydrogen-bond acceptors (Lipinski definition) is 5. The number of hydrogen-bond donors (Lipinski definition) is 1. The summed E-state index contributed by atoms with van der Waals surface area (Å²) in [5.41, 5.74) is 1.79. The molecule has 0 amide bonds. The molecule has 3 rings (SSSR count). The van der Waals surface area contributed by atoms with Gasteiger partial charge in [-0.05, 0) is 25.1 Å². The average Bonchev–Trinajstić information content (AvgIpc) is 2.72. The zero-order valence-electron chi connectivity index (χ0n) is 11.4. The van der Waals surface area contributed by atoms with E-state index in [1.165, 1.54) is 0 Å². The normalized spacial score (nSPS) is 13.7. The van der Waals surface area contributed by atoms with E-state index in [1.54, 1.807) is 12.4 Å². The van der Waals surface area contributed by atoms with Crippen molar-refractivity contribution in [1.29, 1.82) is 0 Å². The lowest BCUT2D eigenvalue weighted by Gasteiger charge is -2.11. The molecule has 20 heavy (non-hydrogen) atoms. The second kappa shape index (κ2) is 5.77. The standard InChI is InChI=1S/C15H17N3O2/c1-2-16-15-14(17-6-7-18-15)11-4-5-12-13(10-11)20-9-3-8-19-12/h4-7,10H,2-3,8-9H2,1H3,(H,16,18). The highest BCUT2D eigenvalue weighted by atomic mass is 16.5. The Morgan fingerprint density at radius 1 is 1.10 bits per heavy atom. The summed E-state index contributed by atoms with van der Waals surface area (Å²) in [6, 6.07) is 5.88. The SMILES string of the molecule is CCNc1nccnc1-c1ccc2c(c1)OCCCO2. The van der Waals surface area contributed by atoms with Gasteiger partial charge in [-0.25, -0.2) is 4.98 Å². The summed E-state index contributed by atoms with van der Waals surface area (Å²) in [4.78, 5) is 8.75. The predicted molar refractivity (Wildman–Crippen MR) is 77.2 cm³/mol. The third-order valence-electron chi connectivity index (χ3n) is 3.06. The zero-order valence-corrected chi connectivity index (χ0v) is 11.4. The molecule has 1 aromatic heterocycles. The molecule has 1 aromatic carbocycles. The minimum absolute atomic E-state index is 0.678. The number of rotatable bonds is 3. The summed E-state index contributed by atoms with van der Waals surface area (Å²) in [5, 5.41) is 3.22. The van der Waals surface area contributed by atoms with Crippen molar-refractivity contribution in [1.82, 2.24) is 9.97 Å². The van der Waals surface area contributed by atoms with Crippen molar-refractivity contribution >= 4 is 5.82 Å². The number of aromatic nitrogens is 2. The molecule has 1 aliphatic rings. The van der Waals surface area contributed by atoms with Gasteiger partial charge in [-0.1, -0.05) is 0 Å². The van der Waals surface area contributed by atoms with Crippen LogP contribution < -0.4 is 14.8 Å². The molecule has 0 unspecified atom stereocenters. The second-order valence-corrected chi connectivity index (χ2v) is 4.50. The quantitative estimate of drug-likeness (QED) is 0.930. The summed E-state index contributed by atoms with van der Waals surface area (Å²) in [6.07, 6.45) is 4.28. The molecule has 5 heteroatoms. The fourth-order valence-electron chi connectivity index (χ4n) is 2.16. The Balaban J connectivity index is 2.00. The lowest BCUT2D eigenvalue weighted by Crippen LogP contribution is -2.02. The van der Waals surface area contributed by atoms with E-state index < -0.39 is 0 Å². The Bertz CT molecular complexity index is 601. The first-order valence-electron chi connectivity index (χ1n) is 6.83. The van der Waals surface area contributed by atoms with Gasteiger partial charge in [0.25, 0.3) is 0 Å². The summed E-state index contributed by atoms with van der Waals surface area (Å²) in [6.45, 7) is 4.21. The molecule has 0 aliphatic carbocycles. The minimum atomic E-state index is 0.678. The number of benzene rings is 1. The fourth-order valence-corrected chi connectivity index (χ4v) is 2.16. The molecule has 0 spiro atoms. The second-order valence-electron chi connectivity index (χ2n) is 4.50. The smallest absolute Gasteiger partial charge is 0.161 e. The van der Waals surface area contributed by atoms with E-state index in [0.29, 0.717) is 13.2 Å².